The SMILES string of the molecule is CCNc1nc2c(C(N)=O)c(CC(F)(F)F)ccc2o1.Cl. The first kappa shape index (κ1) is 17.1. The van der Waals surface area contributed by atoms with Crippen molar-refractivity contribution in [3.63, 3.8) is 0 Å². The van der Waals surface area contributed by atoms with E-state index < -0.39 is 18.5 Å². The molecule has 0 saturated carbocycles. The Hall–Kier alpha value is -1.96. The minimum Gasteiger partial charge on any atom is -0.424 e. The van der Waals surface area contributed by atoms with Crippen LogP contribution in [0.3, 0.4) is 0 Å². The molecule has 21 heavy (non-hydrogen) atoms. The zero-order chi connectivity index (χ0) is 14.9. The number of hydrogen-bond donors (Lipinski definition) is 2. The number of nitrogens with zero attached hydrogens (tertiary/aromatic N) is 1. The summed E-state index contributed by atoms with van der Waals surface area (Å²) in [6.07, 6.45) is -5.68. The lowest BCUT2D eigenvalue weighted by Crippen LogP contribution is -2.19. The van der Waals surface area contributed by atoms with Gasteiger partial charge in [0, 0.05) is 6.54 Å². The Morgan fingerprint density at radius 3 is 2.62 bits per heavy atom. The van der Waals surface area contributed by atoms with E-state index in [2.05, 4.69) is 10.3 Å². The lowest BCUT2D eigenvalue weighted by molar-refractivity contribution is -0.127. The number of anilines is 1. The van der Waals surface area contributed by atoms with Crippen molar-refractivity contribution >= 4 is 35.4 Å². The lowest BCUT2D eigenvalue weighted by atomic mass is 10.0. The van der Waals surface area contributed by atoms with Crippen molar-refractivity contribution in [2.75, 3.05) is 11.9 Å². The summed E-state index contributed by atoms with van der Waals surface area (Å²) in [7, 11) is 0. The Morgan fingerprint density at radius 2 is 2.10 bits per heavy atom. The van der Waals surface area contributed by atoms with Gasteiger partial charge < -0.3 is 15.5 Å². The number of halogens is 4. The molecule has 1 aromatic carbocycles. The predicted molar refractivity (Wildman–Crippen MR) is 73.7 cm³/mol. The van der Waals surface area contributed by atoms with Crippen molar-refractivity contribution in [3.05, 3.63) is 23.3 Å². The summed E-state index contributed by atoms with van der Waals surface area (Å²) in [6, 6.07) is 2.65. The molecule has 116 valence electrons. The van der Waals surface area contributed by atoms with Crippen molar-refractivity contribution in [2.24, 2.45) is 5.73 Å². The van der Waals surface area contributed by atoms with Gasteiger partial charge >= 0.3 is 6.18 Å². The molecular formula is C12H13ClF3N3O2. The number of fused-ring (bicyclic) bond motifs is 1. The molecule has 1 aromatic heterocycles. The van der Waals surface area contributed by atoms with Crippen LogP contribution in [0, 0.1) is 0 Å². The van der Waals surface area contributed by atoms with E-state index in [1.807, 2.05) is 0 Å². The minimum atomic E-state index is -4.44. The van der Waals surface area contributed by atoms with Crippen LogP contribution < -0.4 is 11.1 Å². The molecule has 0 aliphatic carbocycles. The molecule has 0 saturated heterocycles. The number of aromatic nitrogens is 1. The van der Waals surface area contributed by atoms with Gasteiger partial charge in [-0.1, -0.05) is 6.07 Å². The van der Waals surface area contributed by atoms with E-state index in [4.69, 9.17) is 10.2 Å². The number of oxazole rings is 1. The summed E-state index contributed by atoms with van der Waals surface area (Å²) in [5, 5.41) is 2.78. The molecule has 1 heterocycles. The van der Waals surface area contributed by atoms with Crippen LogP contribution >= 0.6 is 12.4 Å². The summed E-state index contributed by atoms with van der Waals surface area (Å²) >= 11 is 0. The first-order valence-corrected chi connectivity index (χ1v) is 5.84. The first-order valence-electron chi connectivity index (χ1n) is 5.84. The fourth-order valence-corrected chi connectivity index (χ4v) is 1.90. The van der Waals surface area contributed by atoms with Crippen molar-refractivity contribution < 1.29 is 22.4 Å². The van der Waals surface area contributed by atoms with Crippen LogP contribution in [0.4, 0.5) is 19.2 Å². The summed E-state index contributed by atoms with van der Waals surface area (Å²) in [5.74, 6) is -0.966. The van der Waals surface area contributed by atoms with E-state index >= 15 is 0 Å². The van der Waals surface area contributed by atoms with Crippen LogP contribution in [0.15, 0.2) is 16.5 Å². The van der Waals surface area contributed by atoms with Gasteiger partial charge in [0.1, 0.15) is 5.52 Å². The first-order chi connectivity index (χ1) is 9.31. The van der Waals surface area contributed by atoms with E-state index in [1.165, 1.54) is 12.1 Å². The molecular weight excluding hydrogens is 311 g/mol. The number of nitrogens with one attached hydrogen (secondary N) is 1. The maximum absolute atomic E-state index is 12.5. The maximum Gasteiger partial charge on any atom is 0.393 e. The van der Waals surface area contributed by atoms with E-state index in [0.29, 0.717) is 6.54 Å². The van der Waals surface area contributed by atoms with Crippen molar-refractivity contribution in [3.8, 4) is 0 Å². The van der Waals surface area contributed by atoms with Gasteiger partial charge in [-0.2, -0.15) is 18.2 Å². The Kier molecular flexibility index (Phi) is 5.06. The largest absolute Gasteiger partial charge is 0.424 e. The number of carbonyl (C=O) groups excluding carboxylic acids is 1. The molecule has 0 radical (unpaired) electrons. The van der Waals surface area contributed by atoms with Crippen LogP contribution in [-0.2, 0) is 6.42 Å². The third-order valence-electron chi connectivity index (χ3n) is 2.61. The predicted octanol–water partition coefficient (Wildman–Crippen LogP) is 2.89. The molecule has 1 amide bonds. The highest BCUT2D eigenvalue weighted by Gasteiger charge is 2.31. The van der Waals surface area contributed by atoms with Gasteiger partial charge in [0.15, 0.2) is 5.58 Å². The molecule has 2 rings (SSSR count). The highest BCUT2D eigenvalue weighted by atomic mass is 35.5. The molecule has 0 aliphatic heterocycles. The molecule has 0 atom stereocenters. The van der Waals surface area contributed by atoms with Gasteiger partial charge in [-0.15, -0.1) is 12.4 Å². The second-order valence-electron chi connectivity index (χ2n) is 4.15. The van der Waals surface area contributed by atoms with Crippen LogP contribution in [0.5, 0.6) is 0 Å². The molecule has 5 nitrogen and oxygen atoms in total. The summed E-state index contributed by atoms with van der Waals surface area (Å²) < 4.78 is 42.8. The third kappa shape index (κ3) is 3.78. The quantitative estimate of drug-likeness (QED) is 0.906. The smallest absolute Gasteiger partial charge is 0.393 e. The summed E-state index contributed by atoms with van der Waals surface area (Å²) in [5.41, 5.74) is 4.95. The Bertz CT molecular complexity index is 655. The molecule has 2 aromatic rings. The number of rotatable bonds is 4. The Morgan fingerprint density at radius 1 is 1.43 bits per heavy atom. The number of benzene rings is 1. The van der Waals surface area contributed by atoms with Crippen LogP contribution in [0.25, 0.3) is 11.1 Å². The normalized spacial score (nSPS) is 11.2. The molecule has 0 aliphatic rings. The van der Waals surface area contributed by atoms with E-state index in [0.717, 1.165) is 0 Å². The molecule has 0 spiro atoms. The molecule has 3 N–H and O–H groups in total. The van der Waals surface area contributed by atoms with Gasteiger partial charge in [-0.25, -0.2) is 0 Å². The van der Waals surface area contributed by atoms with E-state index in [-0.39, 0.29) is 40.6 Å². The topological polar surface area (TPSA) is 81.1 Å². The van der Waals surface area contributed by atoms with Gasteiger partial charge in [0.2, 0.25) is 0 Å². The van der Waals surface area contributed by atoms with Crippen LogP contribution in [-0.4, -0.2) is 23.6 Å². The second kappa shape index (κ2) is 6.21. The number of carbonyl (C=O) groups is 1. The van der Waals surface area contributed by atoms with Gasteiger partial charge in [-0.05, 0) is 18.6 Å². The maximum atomic E-state index is 12.5. The number of primary amides is 1. The highest BCUT2D eigenvalue weighted by molar-refractivity contribution is 6.05. The second-order valence-corrected chi connectivity index (χ2v) is 4.15. The standard InChI is InChI=1S/C12H12F3N3O2.ClH/c1-2-17-11-18-9-7(20-11)4-3-6(5-12(13,14)15)8(9)10(16)19;/h3-4H,2,5H2,1H3,(H2,16,19)(H,17,18);1H. The fraction of sp³-hybridized carbons (Fsp3) is 0.333. The summed E-state index contributed by atoms with van der Waals surface area (Å²) in [6.45, 7) is 2.33. The van der Waals surface area contributed by atoms with Crippen LogP contribution in [0.2, 0.25) is 0 Å². The number of alkyl halides is 3. The molecule has 9 heteroatoms. The van der Waals surface area contributed by atoms with Crippen molar-refractivity contribution in [1.29, 1.82) is 0 Å². The van der Waals surface area contributed by atoms with E-state index in [1.54, 1.807) is 6.92 Å². The molecule has 0 unspecified atom stereocenters. The zero-order valence-electron chi connectivity index (χ0n) is 11.0. The van der Waals surface area contributed by atoms with Crippen molar-refractivity contribution in [1.82, 2.24) is 4.98 Å². The van der Waals surface area contributed by atoms with Gasteiger partial charge in [0.25, 0.3) is 11.9 Å². The zero-order valence-corrected chi connectivity index (χ0v) is 11.8. The third-order valence-corrected chi connectivity index (χ3v) is 2.61. The average molecular weight is 324 g/mol. The van der Waals surface area contributed by atoms with Crippen molar-refractivity contribution in [2.45, 2.75) is 19.5 Å². The van der Waals surface area contributed by atoms with Gasteiger partial charge in [0.05, 0.1) is 12.0 Å². The molecule has 0 bridgehead atoms. The fourth-order valence-electron chi connectivity index (χ4n) is 1.90. The average Bonchev–Trinajstić information content (AvgIpc) is 2.68. The van der Waals surface area contributed by atoms with E-state index in [9.17, 15) is 18.0 Å². The lowest BCUT2D eigenvalue weighted by Gasteiger charge is -2.09. The Balaban J connectivity index is 0.00000220. The van der Waals surface area contributed by atoms with Crippen LogP contribution in [0.1, 0.15) is 22.8 Å². The minimum absolute atomic E-state index is 0. The number of hydrogen-bond acceptors (Lipinski definition) is 4. The van der Waals surface area contributed by atoms with Gasteiger partial charge in [-0.3, -0.25) is 4.79 Å². The number of amides is 1. The number of nitrogens with two attached hydrogens (primary N) is 1. The Labute approximate surface area is 124 Å². The monoisotopic (exact) mass is 323 g/mol. The summed E-state index contributed by atoms with van der Waals surface area (Å²) in [4.78, 5) is 15.4. The molecule has 0 fully saturated rings. The highest BCUT2D eigenvalue weighted by Crippen LogP contribution is 2.29.